The SMILES string of the molecule is Cc1cccc(NCC(O)c2ccc3c(c2)OCO3)c1Br. The molecular weight excluding hydrogens is 334 g/mol. The van der Waals surface area contributed by atoms with Crippen molar-refractivity contribution in [1.29, 1.82) is 0 Å². The van der Waals surface area contributed by atoms with E-state index in [1.54, 1.807) is 0 Å². The van der Waals surface area contributed by atoms with Gasteiger partial charge < -0.3 is 19.9 Å². The van der Waals surface area contributed by atoms with Gasteiger partial charge in [0.1, 0.15) is 0 Å². The molecule has 0 bridgehead atoms. The van der Waals surface area contributed by atoms with Gasteiger partial charge in [-0.3, -0.25) is 0 Å². The first-order valence-corrected chi connectivity index (χ1v) is 7.51. The van der Waals surface area contributed by atoms with Crippen LogP contribution >= 0.6 is 15.9 Å². The van der Waals surface area contributed by atoms with Crippen LogP contribution in [0, 0.1) is 6.92 Å². The molecule has 0 amide bonds. The molecule has 3 rings (SSSR count). The van der Waals surface area contributed by atoms with E-state index in [0.717, 1.165) is 27.0 Å². The minimum atomic E-state index is -0.619. The summed E-state index contributed by atoms with van der Waals surface area (Å²) in [6, 6.07) is 11.5. The summed E-state index contributed by atoms with van der Waals surface area (Å²) in [7, 11) is 0. The van der Waals surface area contributed by atoms with E-state index in [9.17, 15) is 5.11 Å². The summed E-state index contributed by atoms with van der Waals surface area (Å²) in [5, 5.41) is 13.5. The summed E-state index contributed by atoms with van der Waals surface area (Å²) in [6.07, 6.45) is -0.619. The van der Waals surface area contributed by atoms with Gasteiger partial charge in [-0.1, -0.05) is 18.2 Å². The number of aliphatic hydroxyl groups excluding tert-OH is 1. The van der Waals surface area contributed by atoms with Crippen LogP contribution in [-0.2, 0) is 0 Å². The van der Waals surface area contributed by atoms with Crippen molar-refractivity contribution < 1.29 is 14.6 Å². The summed E-state index contributed by atoms with van der Waals surface area (Å²) in [5.41, 5.74) is 2.92. The Morgan fingerprint density at radius 3 is 2.90 bits per heavy atom. The van der Waals surface area contributed by atoms with Crippen LogP contribution in [0.15, 0.2) is 40.9 Å². The van der Waals surface area contributed by atoms with Crippen LogP contribution in [0.25, 0.3) is 0 Å². The van der Waals surface area contributed by atoms with Crippen LogP contribution in [-0.4, -0.2) is 18.4 Å². The molecule has 2 N–H and O–H groups in total. The number of rotatable bonds is 4. The van der Waals surface area contributed by atoms with Crippen molar-refractivity contribution in [2.45, 2.75) is 13.0 Å². The summed E-state index contributed by atoms with van der Waals surface area (Å²) in [6.45, 7) is 2.69. The Kier molecular flexibility index (Phi) is 4.03. The zero-order chi connectivity index (χ0) is 14.8. The lowest BCUT2D eigenvalue weighted by atomic mass is 10.1. The van der Waals surface area contributed by atoms with Crippen molar-refractivity contribution in [3.8, 4) is 11.5 Å². The molecule has 0 fully saturated rings. The molecule has 2 aromatic rings. The molecule has 21 heavy (non-hydrogen) atoms. The van der Waals surface area contributed by atoms with Crippen molar-refractivity contribution in [3.05, 3.63) is 52.0 Å². The first kappa shape index (κ1) is 14.2. The number of ether oxygens (including phenoxy) is 2. The second-order valence-electron chi connectivity index (χ2n) is 4.95. The van der Waals surface area contributed by atoms with E-state index >= 15 is 0 Å². The van der Waals surface area contributed by atoms with Gasteiger partial charge in [0, 0.05) is 16.7 Å². The third-order valence-corrected chi connectivity index (χ3v) is 4.51. The highest BCUT2D eigenvalue weighted by atomic mass is 79.9. The van der Waals surface area contributed by atoms with Crippen LogP contribution in [0.1, 0.15) is 17.2 Å². The lowest BCUT2D eigenvalue weighted by Crippen LogP contribution is -2.12. The number of fused-ring (bicyclic) bond motifs is 1. The van der Waals surface area contributed by atoms with Crippen LogP contribution in [0.3, 0.4) is 0 Å². The third kappa shape index (κ3) is 2.99. The van der Waals surface area contributed by atoms with Gasteiger partial charge in [0.25, 0.3) is 0 Å². The van der Waals surface area contributed by atoms with E-state index in [-0.39, 0.29) is 6.79 Å². The van der Waals surface area contributed by atoms with Crippen molar-refractivity contribution in [3.63, 3.8) is 0 Å². The largest absolute Gasteiger partial charge is 0.454 e. The van der Waals surface area contributed by atoms with Crippen LogP contribution in [0.2, 0.25) is 0 Å². The molecule has 1 aliphatic heterocycles. The first-order chi connectivity index (χ1) is 10.1. The monoisotopic (exact) mass is 349 g/mol. The predicted molar refractivity (Wildman–Crippen MR) is 84.9 cm³/mol. The average Bonchev–Trinajstić information content (AvgIpc) is 2.96. The van der Waals surface area contributed by atoms with Gasteiger partial charge in [-0.2, -0.15) is 0 Å². The van der Waals surface area contributed by atoms with E-state index in [4.69, 9.17) is 9.47 Å². The molecule has 0 radical (unpaired) electrons. The van der Waals surface area contributed by atoms with Gasteiger partial charge in [-0.05, 0) is 52.2 Å². The Balaban J connectivity index is 1.69. The Labute approximate surface area is 131 Å². The highest BCUT2D eigenvalue weighted by Gasteiger charge is 2.16. The molecule has 5 heteroatoms. The van der Waals surface area contributed by atoms with Gasteiger partial charge in [0.15, 0.2) is 11.5 Å². The Hall–Kier alpha value is -1.72. The van der Waals surface area contributed by atoms with Gasteiger partial charge in [0.2, 0.25) is 6.79 Å². The average molecular weight is 350 g/mol. The van der Waals surface area contributed by atoms with Crippen LogP contribution in [0.5, 0.6) is 11.5 Å². The highest BCUT2D eigenvalue weighted by molar-refractivity contribution is 9.10. The van der Waals surface area contributed by atoms with E-state index in [1.165, 1.54) is 0 Å². The topological polar surface area (TPSA) is 50.7 Å². The summed E-state index contributed by atoms with van der Waals surface area (Å²) < 4.78 is 11.6. The van der Waals surface area contributed by atoms with E-state index in [1.807, 2.05) is 43.3 Å². The predicted octanol–water partition coefficient (Wildman–Crippen LogP) is 3.63. The molecule has 0 saturated carbocycles. The number of anilines is 1. The van der Waals surface area contributed by atoms with Crippen molar-refractivity contribution in [1.82, 2.24) is 0 Å². The minimum Gasteiger partial charge on any atom is -0.454 e. The van der Waals surface area contributed by atoms with Gasteiger partial charge in [-0.15, -0.1) is 0 Å². The lowest BCUT2D eigenvalue weighted by molar-refractivity contribution is 0.173. The van der Waals surface area contributed by atoms with Gasteiger partial charge in [-0.25, -0.2) is 0 Å². The van der Waals surface area contributed by atoms with E-state index < -0.39 is 6.10 Å². The Bertz CT molecular complexity index is 660. The molecule has 110 valence electrons. The first-order valence-electron chi connectivity index (χ1n) is 6.72. The molecule has 0 aromatic heterocycles. The maximum Gasteiger partial charge on any atom is 0.231 e. The fourth-order valence-corrected chi connectivity index (χ4v) is 2.63. The van der Waals surface area contributed by atoms with Crippen LogP contribution in [0.4, 0.5) is 5.69 Å². The van der Waals surface area contributed by atoms with E-state index in [0.29, 0.717) is 12.3 Å². The lowest BCUT2D eigenvalue weighted by Gasteiger charge is -2.15. The van der Waals surface area contributed by atoms with Gasteiger partial charge >= 0.3 is 0 Å². The molecule has 1 unspecified atom stereocenters. The quantitative estimate of drug-likeness (QED) is 0.884. The number of benzene rings is 2. The number of aliphatic hydroxyl groups is 1. The van der Waals surface area contributed by atoms with Gasteiger partial charge in [0.05, 0.1) is 6.10 Å². The van der Waals surface area contributed by atoms with Crippen molar-refractivity contribution in [2.24, 2.45) is 0 Å². The number of halogens is 1. The fraction of sp³-hybridized carbons (Fsp3) is 0.250. The fourth-order valence-electron chi connectivity index (χ4n) is 2.23. The number of nitrogens with one attached hydrogen (secondary N) is 1. The summed E-state index contributed by atoms with van der Waals surface area (Å²) >= 11 is 3.55. The summed E-state index contributed by atoms with van der Waals surface area (Å²) in [4.78, 5) is 0. The van der Waals surface area contributed by atoms with Crippen molar-refractivity contribution in [2.75, 3.05) is 18.7 Å². The summed E-state index contributed by atoms with van der Waals surface area (Å²) in [5.74, 6) is 1.41. The smallest absolute Gasteiger partial charge is 0.231 e. The van der Waals surface area contributed by atoms with Crippen LogP contribution < -0.4 is 14.8 Å². The molecule has 1 atom stereocenters. The Morgan fingerprint density at radius 1 is 1.24 bits per heavy atom. The molecule has 0 spiro atoms. The number of aryl methyl sites for hydroxylation is 1. The Morgan fingerprint density at radius 2 is 2.05 bits per heavy atom. The van der Waals surface area contributed by atoms with Crippen molar-refractivity contribution >= 4 is 21.6 Å². The normalized spacial score (nSPS) is 14.0. The zero-order valence-electron chi connectivity index (χ0n) is 11.6. The highest BCUT2D eigenvalue weighted by Crippen LogP contribution is 2.34. The molecule has 2 aromatic carbocycles. The molecule has 1 aliphatic rings. The maximum atomic E-state index is 10.3. The third-order valence-electron chi connectivity index (χ3n) is 3.46. The maximum absolute atomic E-state index is 10.3. The minimum absolute atomic E-state index is 0.239. The number of hydrogen-bond donors (Lipinski definition) is 2. The molecule has 0 saturated heterocycles. The second-order valence-corrected chi connectivity index (χ2v) is 5.74. The zero-order valence-corrected chi connectivity index (χ0v) is 13.2. The molecule has 0 aliphatic carbocycles. The molecule has 4 nitrogen and oxygen atoms in total. The number of hydrogen-bond acceptors (Lipinski definition) is 4. The second kappa shape index (κ2) is 5.95. The van der Waals surface area contributed by atoms with E-state index in [2.05, 4.69) is 21.2 Å². The molecule has 1 heterocycles. The standard InChI is InChI=1S/C16H16BrNO3/c1-10-3-2-4-12(16(10)17)18-8-13(19)11-5-6-14-15(7-11)21-9-20-14/h2-7,13,18-19H,8-9H2,1H3. The molecular formula is C16H16BrNO3.